The van der Waals surface area contributed by atoms with Gasteiger partial charge in [0.25, 0.3) is 0 Å². The third kappa shape index (κ3) is 4.33. The highest BCUT2D eigenvalue weighted by atomic mass is 32.1. The van der Waals surface area contributed by atoms with Gasteiger partial charge in [-0.05, 0) is 24.5 Å². The number of aliphatic hydroxyl groups is 1. The summed E-state index contributed by atoms with van der Waals surface area (Å²) in [6.07, 6.45) is -0.271. The summed E-state index contributed by atoms with van der Waals surface area (Å²) in [6, 6.07) is 4.37. The molecule has 0 aromatic carbocycles. The van der Waals surface area contributed by atoms with Crippen molar-refractivity contribution in [3.63, 3.8) is 0 Å². The second kappa shape index (κ2) is 5.10. The number of hydrogen-bond acceptors (Lipinski definition) is 3. The Morgan fingerprint density at radius 2 is 2.07 bits per heavy atom. The van der Waals surface area contributed by atoms with Crippen LogP contribution < -0.4 is 5.32 Å². The Bertz CT molecular complexity index is 299. The molecule has 0 spiro atoms. The van der Waals surface area contributed by atoms with Crippen LogP contribution >= 0.6 is 11.3 Å². The van der Waals surface area contributed by atoms with E-state index in [2.05, 4.69) is 38.2 Å². The monoisotopic (exact) mass is 227 g/mol. The molecule has 0 radical (unpaired) electrons. The van der Waals surface area contributed by atoms with Crippen LogP contribution in [0.3, 0.4) is 0 Å². The molecule has 0 aliphatic rings. The van der Waals surface area contributed by atoms with Gasteiger partial charge in [0.05, 0.1) is 6.10 Å². The van der Waals surface area contributed by atoms with Gasteiger partial charge in [0.2, 0.25) is 0 Å². The van der Waals surface area contributed by atoms with Crippen molar-refractivity contribution < 1.29 is 5.11 Å². The van der Waals surface area contributed by atoms with Crippen LogP contribution in [0.2, 0.25) is 0 Å². The van der Waals surface area contributed by atoms with E-state index in [0.29, 0.717) is 6.54 Å². The lowest BCUT2D eigenvalue weighted by atomic mass is 9.95. The van der Waals surface area contributed by atoms with Crippen LogP contribution in [-0.2, 0) is 12.0 Å². The van der Waals surface area contributed by atoms with Crippen molar-refractivity contribution in [1.29, 1.82) is 0 Å². The third-order valence-corrected chi connectivity index (χ3v) is 3.65. The first-order valence-electron chi connectivity index (χ1n) is 5.37. The van der Waals surface area contributed by atoms with Crippen LogP contribution in [0.15, 0.2) is 12.1 Å². The first-order chi connectivity index (χ1) is 6.89. The molecule has 86 valence electrons. The van der Waals surface area contributed by atoms with Crippen LogP contribution in [0, 0.1) is 0 Å². The summed E-state index contributed by atoms with van der Waals surface area (Å²) >= 11 is 1.85. The smallest absolute Gasteiger partial charge is 0.0636 e. The minimum Gasteiger partial charge on any atom is -0.392 e. The van der Waals surface area contributed by atoms with Gasteiger partial charge in [0.1, 0.15) is 0 Å². The fraction of sp³-hybridized carbons (Fsp3) is 0.667. The maximum Gasteiger partial charge on any atom is 0.0636 e. The molecule has 1 rings (SSSR count). The molecule has 0 amide bonds. The van der Waals surface area contributed by atoms with Gasteiger partial charge >= 0.3 is 0 Å². The number of aliphatic hydroxyl groups excluding tert-OH is 1. The summed E-state index contributed by atoms with van der Waals surface area (Å²) < 4.78 is 0. The van der Waals surface area contributed by atoms with E-state index in [0.717, 1.165) is 6.54 Å². The highest BCUT2D eigenvalue weighted by Crippen LogP contribution is 2.29. The quantitative estimate of drug-likeness (QED) is 0.828. The van der Waals surface area contributed by atoms with Gasteiger partial charge in [-0.2, -0.15) is 0 Å². The van der Waals surface area contributed by atoms with Gasteiger partial charge < -0.3 is 10.4 Å². The predicted octanol–water partition coefficient (Wildman–Crippen LogP) is 2.52. The van der Waals surface area contributed by atoms with Gasteiger partial charge in [-0.25, -0.2) is 0 Å². The van der Waals surface area contributed by atoms with E-state index in [1.807, 2.05) is 11.3 Å². The first kappa shape index (κ1) is 12.7. The molecule has 0 aliphatic carbocycles. The number of thiophene rings is 1. The SMILES string of the molecule is C[C@@H](O)CNCc1ccc(C(C)(C)C)s1. The van der Waals surface area contributed by atoms with E-state index in [1.54, 1.807) is 6.92 Å². The van der Waals surface area contributed by atoms with Gasteiger partial charge in [-0.1, -0.05) is 20.8 Å². The van der Waals surface area contributed by atoms with Gasteiger partial charge in [-0.15, -0.1) is 11.3 Å². The second-order valence-corrected chi connectivity index (χ2v) is 6.16. The molecule has 2 nitrogen and oxygen atoms in total. The number of rotatable bonds is 4. The van der Waals surface area contributed by atoms with Crippen molar-refractivity contribution in [3.05, 3.63) is 21.9 Å². The molecule has 15 heavy (non-hydrogen) atoms. The minimum atomic E-state index is -0.271. The molecule has 0 unspecified atom stereocenters. The molecule has 1 heterocycles. The Hall–Kier alpha value is -0.380. The zero-order valence-corrected chi connectivity index (χ0v) is 10.8. The zero-order chi connectivity index (χ0) is 11.5. The van der Waals surface area contributed by atoms with Crippen LogP contribution in [0.25, 0.3) is 0 Å². The van der Waals surface area contributed by atoms with Gasteiger partial charge in [0, 0.05) is 22.8 Å². The third-order valence-electron chi connectivity index (χ3n) is 2.14. The summed E-state index contributed by atoms with van der Waals surface area (Å²) in [4.78, 5) is 2.75. The standard InChI is InChI=1S/C12H21NOS/c1-9(14)7-13-8-10-5-6-11(15-10)12(2,3)4/h5-6,9,13-14H,7-8H2,1-4H3/t9-/m1/s1. The maximum atomic E-state index is 9.11. The van der Waals surface area contributed by atoms with Crippen molar-refractivity contribution in [2.45, 2.75) is 45.8 Å². The van der Waals surface area contributed by atoms with E-state index in [1.165, 1.54) is 9.75 Å². The maximum absolute atomic E-state index is 9.11. The Morgan fingerprint density at radius 1 is 1.40 bits per heavy atom. The molecule has 0 fully saturated rings. The molecule has 1 atom stereocenters. The molecule has 0 aliphatic heterocycles. The Kier molecular flexibility index (Phi) is 4.32. The molecule has 1 aromatic heterocycles. The Morgan fingerprint density at radius 3 is 2.53 bits per heavy atom. The van der Waals surface area contributed by atoms with Crippen LogP contribution in [0.4, 0.5) is 0 Å². The van der Waals surface area contributed by atoms with Gasteiger partial charge in [0.15, 0.2) is 0 Å². The summed E-state index contributed by atoms with van der Waals surface area (Å²) in [5, 5.41) is 12.3. The Balaban J connectivity index is 2.47. The van der Waals surface area contributed by atoms with E-state index >= 15 is 0 Å². The molecule has 0 saturated carbocycles. The van der Waals surface area contributed by atoms with Gasteiger partial charge in [-0.3, -0.25) is 0 Å². The molecule has 1 aromatic rings. The Labute approximate surface area is 96.3 Å². The average Bonchev–Trinajstić information content (AvgIpc) is 2.51. The fourth-order valence-electron chi connectivity index (χ4n) is 1.28. The highest BCUT2D eigenvalue weighted by Gasteiger charge is 2.15. The fourth-order valence-corrected chi connectivity index (χ4v) is 2.32. The molecule has 2 N–H and O–H groups in total. The van der Waals surface area contributed by atoms with Crippen molar-refractivity contribution in [2.24, 2.45) is 0 Å². The molecular formula is C12H21NOS. The molecule has 3 heteroatoms. The number of hydrogen-bond donors (Lipinski definition) is 2. The van der Waals surface area contributed by atoms with E-state index in [4.69, 9.17) is 5.11 Å². The topological polar surface area (TPSA) is 32.3 Å². The average molecular weight is 227 g/mol. The number of nitrogens with one attached hydrogen (secondary N) is 1. The summed E-state index contributed by atoms with van der Waals surface area (Å²) in [5.74, 6) is 0. The normalized spacial score (nSPS) is 14.2. The van der Waals surface area contributed by atoms with E-state index < -0.39 is 0 Å². The molecule has 0 saturated heterocycles. The highest BCUT2D eigenvalue weighted by molar-refractivity contribution is 7.12. The van der Waals surface area contributed by atoms with Crippen molar-refractivity contribution in [3.8, 4) is 0 Å². The summed E-state index contributed by atoms with van der Waals surface area (Å²) in [6.45, 7) is 9.99. The largest absolute Gasteiger partial charge is 0.392 e. The van der Waals surface area contributed by atoms with Crippen molar-refractivity contribution in [2.75, 3.05) is 6.54 Å². The van der Waals surface area contributed by atoms with Crippen molar-refractivity contribution in [1.82, 2.24) is 5.32 Å². The minimum absolute atomic E-state index is 0.243. The van der Waals surface area contributed by atoms with E-state index in [9.17, 15) is 0 Å². The van der Waals surface area contributed by atoms with Crippen molar-refractivity contribution >= 4 is 11.3 Å². The van der Waals surface area contributed by atoms with E-state index in [-0.39, 0.29) is 11.5 Å². The summed E-state index contributed by atoms with van der Waals surface area (Å²) in [5.41, 5.74) is 0.243. The lowest BCUT2D eigenvalue weighted by Crippen LogP contribution is -2.23. The molecular weight excluding hydrogens is 206 g/mol. The zero-order valence-electron chi connectivity index (χ0n) is 10.0. The van der Waals surface area contributed by atoms with Crippen LogP contribution in [-0.4, -0.2) is 17.8 Å². The van der Waals surface area contributed by atoms with Crippen LogP contribution in [0.1, 0.15) is 37.4 Å². The lowest BCUT2D eigenvalue weighted by Gasteiger charge is -2.15. The lowest BCUT2D eigenvalue weighted by molar-refractivity contribution is 0.191. The first-order valence-corrected chi connectivity index (χ1v) is 6.19. The van der Waals surface area contributed by atoms with Crippen LogP contribution in [0.5, 0.6) is 0 Å². The summed E-state index contributed by atoms with van der Waals surface area (Å²) in [7, 11) is 0. The molecule has 0 bridgehead atoms. The predicted molar refractivity (Wildman–Crippen MR) is 66.4 cm³/mol. The second-order valence-electron chi connectivity index (χ2n) is 5.00.